The number of anilines is 2. The number of aryl methyl sites for hydroxylation is 1. The number of hydrogen-bond donors (Lipinski definition) is 1. The van der Waals surface area contributed by atoms with Crippen LogP contribution in [0.25, 0.3) is 33.5 Å². The molecule has 4 nitrogen and oxygen atoms in total. The number of rotatable bonds is 5. The number of fused-ring (bicyclic) bond motifs is 1. The molecule has 0 aliphatic rings. The second-order valence-electron chi connectivity index (χ2n) is 8.47. The second kappa shape index (κ2) is 8.51. The van der Waals surface area contributed by atoms with E-state index in [1.165, 1.54) is 12.1 Å². The number of halogens is 1. The lowest BCUT2D eigenvalue weighted by Crippen LogP contribution is -2.03. The van der Waals surface area contributed by atoms with Gasteiger partial charge in [0, 0.05) is 29.2 Å². The van der Waals surface area contributed by atoms with Gasteiger partial charge >= 0.3 is 0 Å². The largest absolute Gasteiger partial charge is 0.354 e. The summed E-state index contributed by atoms with van der Waals surface area (Å²) in [6, 6.07) is 25.3. The molecular formula is C28H25FN4. The molecule has 0 aliphatic heterocycles. The topological polar surface area (TPSA) is 42.7 Å². The molecule has 1 N–H and O–H groups in total. The lowest BCUT2D eigenvalue weighted by Gasteiger charge is -2.13. The molecule has 5 heteroatoms. The van der Waals surface area contributed by atoms with Crippen LogP contribution in [0, 0.1) is 12.7 Å². The van der Waals surface area contributed by atoms with Gasteiger partial charge in [0.2, 0.25) is 0 Å². The van der Waals surface area contributed by atoms with Crippen molar-refractivity contribution in [2.24, 2.45) is 0 Å². The molecule has 0 saturated carbocycles. The molecule has 0 saturated heterocycles. The zero-order valence-corrected chi connectivity index (χ0v) is 18.9. The number of pyridine rings is 1. The Morgan fingerprint density at radius 2 is 1.58 bits per heavy atom. The van der Waals surface area contributed by atoms with Gasteiger partial charge in [-0.1, -0.05) is 18.2 Å². The van der Waals surface area contributed by atoms with Gasteiger partial charge in [0.1, 0.15) is 17.2 Å². The van der Waals surface area contributed by atoms with Gasteiger partial charge in [-0.3, -0.25) is 4.98 Å². The van der Waals surface area contributed by atoms with Crippen molar-refractivity contribution in [2.75, 3.05) is 5.32 Å². The number of imidazole rings is 1. The minimum atomic E-state index is -0.251. The summed E-state index contributed by atoms with van der Waals surface area (Å²) in [6.07, 6.45) is 1.83. The minimum Gasteiger partial charge on any atom is -0.354 e. The van der Waals surface area contributed by atoms with Crippen LogP contribution < -0.4 is 5.32 Å². The monoisotopic (exact) mass is 436 g/mol. The Hall–Kier alpha value is -3.99. The maximum Gasteiger partial charge on any atom is 0.141 e. The first-order valence-corrected chi connectivity index (χ1v) is 11.1. The maximum absolute atomic E-state index is 13.5. The average Bonchev–Trinajstić information content (AvgIpc) is 3.21. The molecule has 0 unspecified atom stereocenters. The predicted molar refractivity (Wildman–Crippen MR) is 133 cm³/mol. The molecule has 2 aromatic heterocycles. The van der Waals surface area contributed by atoms with Gasteiger partial charge in [-0.15, -0.1) is 0 Å². The quantitative estimate of drug-likeness (QED) is 0.309. The van der Waals surface area contributed by atoms with Crippen LogP contribution in [0.2, 0.25) is 0 Å². The number of aromatic nitrogens is 3. The molecule has 5 aromatic rings. The van der Waals surface area contributed by atoms with Crippen LogP contribution in [0.4, 0.5) is 15.8 Å². The summed E-state index contributed by atoms with van der Waals surface area (Å²) >= 11 is 0. The number of nitrogens with zero attached hydrogens (tertiary/aromatic N) is 3. The molecule has 0 aliphatic carbocycles. The lowest BCUT2D eigenvalue weighted by atomic mass is 10.1. The first-order valence-electron chi connectivity index (χ1n) is 11.1. The van der Waals surface area contributed by atoms with Gasteiger partial charge in [-0.25, -0.2) is 9.37 Å². The Bertz CT molecular complexity index is 1420. The van der Waals surface area contributed by atoms with Crippen molar-refractivity contribution in [2.45, 2.75) is 26.8 Å². The van der Waals surface area contributed by atoms with E-state index in [0.29, 0.717) is 0 Å². The average molecular weight is 437 g/mol. The molecular weight excluding hydrogens is 411 g/mol. The summed E-state index contributed by atoms with van der Waals surface area (Å²) in [7, 11) is 0. The molecule has 0 atom stereocenters. The van der Waals surface area contributed by atoms with Gasteiger partial charge in [-0.05, 0) is 92.6 Å². The molecule has 3 aromatic carbocycles. The van der Waals surface area contributed by atoms with E-state index < -0.39 is 0 Å². The zero-order valence-electron chi connectivity index (χ0n) is 18.9. The van der Waals surface area contributed by atoms with E-state index in [2.05, 4.69) is 65.1 Å². The first kappa shape index (κ1) is 20.9. The van der Waals surface area contributed by atoms with Crippen LogP contribution in [-0.4, -0.2) is 14.5 Å². The van der Waals surface area contributed by atoms with Crippen LogP contribution in [0.15, 0.2) is 85.1 Å². The minimum absolute atomic E-state index is 0.202. The smallest absolute Gasteiger partial charge is 0.141 e. The van der Waals surface area contributed by atoms with Crippen LogP contribution in [0.5, 0.6) is 0 Å². The highest BCUT2D eigenvalue weighted by molar-refractivity contribution is 5.93. The molecule has 0 radical (unpaired) electrons. The van der Waals surface area contributed by atoms with E-state index in [1.807, 2.05) is 31.3 Å². The van der Waals surface area contributed by atoms with Crippen LogP contribution in [0.3, 0.4) is 0 Å². The zero-order chi connectivity index (χ0) is 22.9. The number of para-hydroxylation sites is 1. The van der Waals surface area contributed by atoms with E-state index in [9.17, 15) is 4.39 Å². The summed E-state index contributed by atoms with van der Waals surface area (Å²) < 4.78 is 15.7. The predicted octanol–water partition coefficient (Wildman–Crippen LogP) is 7.54. The highest BCUT2D eigenvalue weighted by Gasteiger charge is 2.17. The van der Waals surface area contributed by atoms with Gasteiger partial charge in [0.05, 0.1) is 11.2 Å². The summed E-state index contributed by atoms with van der Waals surface area (Å²) in [6.45, 7) is 6.26. The van der Waals surface area contributed by atoms with E-state index in [1.54, 1.807) is 12.1 Å². The summed E-state index contributed by atoms with van der Waals surface area (Å²) in [5, 5.41) is 3.53. The molecule has 0 bridgehead atoms. The molecule has 0 spiro atoms. The van der Waals surface area contributed by atoms with Crippen molar-refractivity contribution in [3.05, 3.63) is 96.6 Å². The number of hydrogen-bond acceptors (Lipinski definition) is 3. The normalized spacial score (nSPS) is 11.3. The summed E-state index contributed by atoms with van der Waals surface area (Å²) in [4.78, 5) is 9.25. The maximum atomic E-state index is 13.5. The molecule has 5 rings (SSSR count). The van der Waals surface area contributed by atoms with Crippen LogP contribution in [0.1, 0.15) is 25.6 Å². The Morgan fingerprint density at radius 3 is 2.27 bits per heavy atom. The number of nitrogens with one attached hydrogen (secondary N) is 1. The van der Waals surface area contributed by atoms with Crippen molar-refractivity contribution in [1.29, 1.82) is 0 Å². The van der Waals surface area contributed by atoms with Crippen molar-refractivity contribution in [3.63, 3.8) is 0 Å². The summed E-state index contributed by atoms with van der Waals surface area (Å²) in [5.41, 5.74) is 8.03. The van der Waals surface area contributed by atoms with Crippen molar-refractivity contribution in [1.82, 2.24) is 14.5 Å². The Balaban J connectivity index is 1.52. The van der Waals surface area contributed by atoms with Gasteiger partial charge < -0.3 is 9.88 Å². The van der Waals surface area contributed by atoms with Crippen molar-refractivity contribution in [3.8, 4) is 22.5 Å². The fraction of sp³-hybridized carbons (Fsp3) is 0.143. The highest BCUT2D eigenvalue weighted by atomic mass is 19.1. The van der Waals surface area contributed by atoms with E-state index in [4.69, 9.17) is 4.98 Å². The molecule has 0 fully saturated rings. The molecule has 0 amide bonds. The van der Waals surface area contributed by atoms with E-state index in [-0.39, 0.29) is 11.9 Å². The van der Waals surface area contributed by atoms with Crippen molar-refractivity contribution < 1.29 is 4.39 Å². The van der Waals surface area contributed by atoms with Gasteiger partial charge in [0.15, 0.2) is 0 Å². The lowest BCUT2D eigenvalue weighted by molar-refractivity contribution is 0.621. The second-order valence-corrected chi connectivity index (χ2v) is 8.47. The van der Waals surface area contributed by atoms with Crippen LogP contribution in [-0.2, 0) is 0 Å². The van der Waals surface area contributed by atoms with Gasteiger partial charge in [-0.2, -0.15) is 0 Å². The third-order valence-electron chi connectivity index (χ3n) is 5.73. The first-order chi connectivity index (χ1) is 16.0. The van der Waals surface area contributed by atoms with Gasteiger partial charge in [0.25, 0.3) is 0 Å². The third-order valence-corrected chi connectivity index (χ3v) is 5.73. The Kier molecular flexibility index (Phi) is 5.38. The van der Waals surface area contributed by atoms with E-state index >= 15 is 0 Å². The Labute approximate surface area is 192 Å². The van der Waals surface area contributed by atoms with Crippen molar-refractivity contribution >= 4 is 22.4 Å². The highest BCUT2D eigenvalue weighted by Crippen LogP contribution is 2.33. The third kappa shape index (κ3) is 4.10. The molecule has 2 heterocycles. The fourth-order valence-corrected chi connectivity index (χ4v) is 4.17. The SMILES string of the molecule is Cc1cc(-c2ccc(Nc3cccc4c3nc(-c3ccc(F)cc3)n4C(C)C)cc2)ccn1. The van der Waals surface area contributed by atoms with Crippen LogP contribution >= 0.6 is 0 Å². The molecule has 33 heavy (non-hydrogen) atoms. The molecule has 164 valence electrons. The number of benzene rings is 3. The standard InChI is InChI=1S/C28H25FN4/c1-18(2)33-26-6-4-5-25(27(26)32-28(33)21-7-11-23(29)12-8-21)31-24-13-9-20(10-14-24)22-15-16-30-19(3)17-22/h4-18,31H,1-3H3. The van der Waals surface area contributed by atoms with E-state index in [0.717, 1.165) is 50.6 Å². The Morgan fingerprint density at radius 1 is 0.848 bits per heavy atom. The fourth-order valence-electron chi connectivity index (χ4n) is 4.17. The summed E-state index contributed by atoms with van der Waals surface area (Å²) in [5.74, 6) is 0.580.